The summed E-state index contributed by atoms with van der Waals surface area (Å²) in [4.78, 5) is 0. The maximum Gasteiger partial charge on any atom is 0.391 e. The molecule has 1 aromatic carbocycles. The number of alkyl halides is 3. The van der Waals surface area contributed by atoms with Crippen molar-refractivity contribution in [2.45, 2.75) is 38.4 Å². The molecule has 1 nitrogen and oxygen atoms in total. The fraction of sp³-hybridized carbons (Fsp3) is 0.600. The van der Waals surface area contributed by atoms with Gasteiger partial charge in [-0.05, 0) is 43.7 Å². The number of rotatable bonds is 4. The van der Waals surface area contributed by atoms with Crippen LogP contribution in [0.3, 0.4) is 0 Å². The summed E-state index contributed by atoms with van der Waals surface area (Å²) in [6.07, 6.45) is -2.04. The zero-order chi connectivity index (χ0) is 13.7. The van der Waals surface area contributed by atoms with Crippen LogP contribution in [0.25, 0.3) is 0 Å². The van der Waals surface area contributed by atoms with Crippen LogP contribution in [0.2, 0.25) is 0 Å². The molecule has 1 N–H and O–H groups in total. The van der Waals surface area contributed by atoms with Crippen molar-refractivity contribution >= 4 is 0 Å². The van der Waals surface area contributed by atoms with Crippen LogP contribution in [0, 0.1) is 11.8 Å². The van der Waals surface area contributed by atoms with Crippen molar-refractivity contribution in [3.63, 3.8) is 0 Å². The van der Waals surface area contributed by atoms with Crippen LogP contribution in [0.1, 0.15) is 31.2 Å². The van der Waals surface area contributed by atoms with E-state index in [2.05, 4.69) is 5.32 Å². The lowest BCUT2D eigenvalue weighted by molar-refractivity contribution is -0.183. The van der Waals surface area contributed by atoms with Gasteiger partial charge in [0.1, 0.15) is 0 Å². The highest BCUT2D eigenvalue weighted by Gasteiger charge is 2.41. The Hall–Kier alpha value is -1.03. The highest BCUT2D eigenvalue weighted by Crippen LogP contribution is 2.39. The molecule has 0 radical (unpaired) electrons. The topological polar surface area (TPSA) is 12.0 Å². The third-order valence-electron chi connectivity index (χ3n) is 3.91. The first-order valence-electron chi connectivity index (χ1n) is 6.87. The van der Waals surface area contributed by atoms with Gasteiger partial charge >= 0.3 is 6.18 Å². The largest absolute Gasteiger partial charge is 0.391 e. The number of hydrogen-bond acceptors (Lipinski definition) is 1. The highest BCUT2D eigenvalue weighted by atomic mass is 19.4. The van der Waals surface area contributed by atoms with Crippen LogP contribution in [0.5, 0.6) is 0 Å². The van der Waals surface area contributed by atoms with Crippen molar-refractivity contribution < 1.29 is 13.2 Å². The van der Waals surface area contributed by atoms with Crippen molar-refractivity contribution in [1.82, 2.24) is 5.32 Å². The maximum atomic E-state index is 12.5. The molecule has 1 aromatic rings. The molecular weight excluding hydrogens is 251 g/mol. The molecule has 0 saturated heterocycles. The van der Waals surface area contributed by atoms with E-state index in [1.54, 1.807) is 0 Å². The van der Waals surface area contributed by atoms with E-state index < -0.39 is 12.1 Å². The highest BCUT2D eigenvalue weighted by molar-refractivity contribution is 5.14. The lowest BCUT2D eigenvalue weighted by Crippen LogP contribution is -2.31. The van der Waals surface area contributed by atoms with E-state index in [9.17, 15) is 13.2 Å². The summed E-state index contributed by atoms with van der Waals surface area (Å²) in [5, 5.41) is 3.34. The van der Waals surface area contributed by atoms with Crippen LogP contribution in [-0.4, -0.2) is 12.7 Å². The molecule has 1 aliphatic rings. The number of benzene rings is 1. The van der Waals surface area contributed by atoms with Gasteiger partial charge in [-0.15, -0.1) is 0 Å². The summed E-state index contributed by atoms with van der Waals surface area (Å²) >= 11 is 0. The van der Waals surface area contributed by atoms with Gasteiger partial charge in [0.05, 0.1) is 5.92 Å². The predicted molar refractivity (Wildman–Crippen MR) is 69.7 cm³/mol. The Labute approximate surface area is 112 Å². The summed E-state index contributed by atoms with van der Waals surface area (Å²) in [6.45, 7) is 1.61. The molecule has 106 valence electrons. The van der Waals surface area contributed by atoms with Crippen molar-refractivity contribution in [1.29, 1.82) is 0 Å². The summed E-state index contributed by atoms with van der Waals surface area (Å²) in [5.74, 6) is -0.680. The van der Waals surface area contributed by atoms with Gasteiger partial charge in [0.2, 0.25) is 0 Å². The zero-order valence-electron chi connectivity index (χ0n) is 10.9. The van der Waals surface area contributed by atoms with Crippen LogP contribution in [0.15, 0.2) is 30.3 Å². The minimum Gasteiger partial charge on any atom is -0.312 e. The van der Waals surface area contributed by atoms with Gasteiger partial charge in [0.25, 0.3) is 0 Å². The minimum absolute atomic E-state index is 0.293. The standard InChI is InChI=1S/C15H20F3N/c16-15(17,18)14-8-6-13(7-9-14)11-19-10-12-4-2-1-3-5-12/h1-5,13-14,19H,6-11H2. The molecule has 0 heterocycles. The molecule has 1 aliphatic carbocycles. The molecular formula is C15H20F3N. The number of hydrogen-bond donors (Lipinski definition) is 1. The molecule has 0 unspecified atom stereocenters. The van der Waals surface area contributed by atoms with E-state index in [-0.39, 0.29) is 0 Å². The van der Waals surface area contributed by atoms with E-state index in [0.29, 0.717) is 31.6 Å². The molecule has 0 bridgehead atoms. The molecule has 0 aromatic heterocycles. The van der Waals surface area contributed by atoms with Gasteiger partial charge in [0.15, 0.2) is 0 Å². The quantitative estimate of drug-likeness (QED) is 0.867. The van der Waals surface area contributed by atoms with Crippen molar-refractivity contribution in [2.75, 3.05) is 6.54 Å². The molecule has 19 heavy (non-hydrogen) atoms. The maximum absolute atomic E-state index is 12.5. The fourth-order valence-corrected chi connectivity index (χ4v) is 2.71. The third kappa shape index (κ3) is 4.53. The molecule has 0 spiro atoms. The van der Waals surface area contributed by atoms with Crippen LogP contribution in [-0.2, 0) is 6.54 Å². The van der Waals surface area contributed by atoms with E-state index in [0.717, 1.165) is 13.1 Å². The monoisotopic (exact) mass is 271 g/mol. The van der Waals surface area contributed by atoms with Crippen LogP contribution < -0.4 is 5.32 Å². The van der Waals surface area contributed by atoms with Crippen LogP contribution in [0.4, 0.5) is 13.2 Å². The average molecular weight is 271 g/mol. The lowest BCUT2D eigenvalue weighted by Gasteiger charge is -2.29. The first kappa shape index (κ1) is 14.4. The summed E-state index contributed by atoms with van der Waals surface area (Å²) in [7, 11) is 0. The Bertz CT molecular complexity index is 367. The van der Waals surface area contributed by atoms with Gasteiger partial charge < -0.3 is 5.32 Å². The van der Waals surface area contributed by atoms with E-state index in [4.69, 9.17) is 0 Å². The van der Waals surface area contributed by atoms with Crippen molar-refractivity contribution in [2.24, 2.45) is 11.8 Å². The van der Waals surface area contributed by atoms with Crippen LogP contribution >= 0.6 is 0 Å². The molecule has 4 heteroatoms. The second kappa shape index (κ2) is 6.42. The molecule has 1 saturated carbocycles. The zero-order valence-corrected chi connectivity index (χ0v) is 10.9. The second-order valence-electron chi connectivity index (χ2n) is 5.38. The van der Waals surface area contributed by atoms with Gasteiger partial charge in [-0.1, -0.05) is 30.3 Å². The molecule has 0 amide bonds. The van der Waals surface area contributed by atoms with E-state index in [1.807, 2.05) is 30.3 Å². The number of halogens is 3. The Morgan fingerprint density at radius 2 is 1.63 bits per heavy atom. The van der Waals surface area contributed by atoms with E-state index in [1.165, 1.54) is 5.56 Å². The Balaban J connectivity index is 1.66. The summed E-state index contributed by atoms with van der Waals surface area (Å²) in [6, 6.07) is 10.1. The van der Waals surface area contributed by atoms with Gasteiger partial charge in [-0.25, -0.2) is 0 Å². The lowest BCUT2D eigenvalue weighted by atomic mass is 9.81. The molecule has 0 aliphatic heterocycles. The fourth-order valence-electron chi connectivity index (χ4n) is 2.71. The van der Waals surface area contributed by atoms with E-state index >= 15 is 0 Å². The smallest absolute Gasteiger partial charge is 0.312 e. The third-order valence-corrected chi connectivity index (χ3v) is 3.91. The van der Waals surface area contributed by atoms with Gasteiger partial charge in [-0.3, -0.25) is 0 Å². The SMILES string of the molecule is FC(F)(F)C1CCC(CNCc2ccccc2)CC1. The Morgan fingerprint density at radius 1 is 1.00 bits per heavy atom. The predicted octanol–water partition coefficient (Wildman–Crippen LogP) is 4.14. The minimum atomic E-state index is -4.00. The van der Waals surface area contributed by atoms with Gasteiger partial charge in [0, 0.05) is 6.54 Å². The Kier molecular flexibility index (Phi) is 4.86. The molecule has 0 atom stereocenters. The second-order valence-corrected chi connectivity index (χ2v) is 5.38. The van der Waals surface area contributed by atoms with Crippen molar-refractivity contribution in [3.8, 4) is 0 Å². The Morgan fingerprint density at radius 3 is 2.21 bits per heavy atom. The molecule has 2 rings (SSSR count). The average Bonchev–Trinajstić information content (AvgIpc) is 2.39. The summed E-state index contributed by atoms with van der Waals surface area (Å²) < 4.78 is 37.6. The normalized spacial score (nSPS) is 24.4. The van der Waals surface area contributed by atoms with Crippen molar-refractivity contribution in [3.05, 3.63) is 35.9 Å². The number of nitrogens with one attached hydrogen (secondary N) is 1. The van der Waals surface area contributed by atoms with Gasteiger partial charge in [-0.2, -0.15) is 13.2 Å². The summed E-state index contributed by atoms with van der Waals surface area (Å²) in [5.41, 5.74) is 1.21. The first-order chi connectivity index (χ1) is 9.05. The first-order valence-corrected chi connectivity index (χ1v) is 6.87. The molecule has 1 fully saturated rings.